The Morgan fingerprint density at radius 1 is 1.14 bits per heavy atom. The van der Waals surface area contributed by atoms with Gasteiger partial charge in [0.25, 0.3) is 0 Å². The van der Waals surface area contributed by atoms with E-state index in [4.69, 9.17) is 4.74 Å². The Balaban J connectivity index is 1.85. The third kappa shape index (κ3) is 2.93. The van der Waals surface area contributed by atoms with E-state index in [1.807, 2.05) is 0 Å². The maximum absolute atomic E-state index is 5.58. The number of hydrogen-bond acceptors (Lipinski definition) is 2. The van der Waals surface area contributed by atoms with E-state index in [-0.39, 0.29) is 6.04 Å². The molecule has 2 aromatic rings. The SMILES string of the molecule is Cc1cc(Br)cc(C)c1NC(C)c1ccc2c(c1)CCO2. The lowest BCUT2D eigenvalue weighted by Crippen LogP contribution is -2.09. The molecule has 0 saturated carbocycles. The van der Waals surface area contributed by atoms with E-state index in [0.29, 0.717) is 0 Å². The van der Waals surface area contributed by atoms with Crippen molar-refractivity contribution in [2.45, 2.75) is 33.2 Å². The van der Waals surface area contributed by atoms with Crippen LogP contribution in [-0.4, -0.2) is 6.61 Å². The summed E-state index contributed by atoms with van der Waals surface area (Å²) in [5, 5.41) is 3.65. The highest BCUT2D eigenvalue weighted by Crippen LogP contribution is 2.31. The summed E-state index contributed by atoms with van der Waals surface area (Å²) < 4.78 is 6.71. The summed E-state index contributed by atoms with van der Waals surface area (Å²) >= 11 is 3.55. The second-order valence-electron chi connectivity index (χ2n) is 5.75. The first-order valence-corrected chi connectivity index (χ1v) is 8.13. The van der Waals surface area contributed by atoms with Gasteiger partial charge in [-0.15, -0.1) is 0 Å². The van der Waals surface area contributed by atoms with Gasteiger partial charge in [0.15, 0.2) is 0 Å². The molecule has 0 spiro atoms. The minimum absolute atomic E-state index is 0.273. The maximum atomic E-state index is 5.58. The van der Waals surface area contributed by atoms with Crippen LogP contribution in [0.1, 0.15) is 35.2 Å². The van der Waals surface area contributed by atoms with Crippen LogP contribution < -0.4 is 10.1 Å². The smallest absolute Gasteiger partial charge is 0.122 e. The maximum Gasteiger partial charge on any atom is 0.122 e. The minimum Gasteiger partial charge on any atom is -0.493 e. The van der Waals surface area contributed by atoms with Crippen LogP contribution in [0.2, 0.25) is 0 Å². The van der Waals surface area contributed by atoms with E-state index in [0.717, 1.165) is 23.2 Å². The molecular weight excluding hydrogens is 326 g/mol. The summed E-state index contributed by atoms with van der Waals surface area (Å²) in [5.41, 5.74) is 6.38. The van der Waals surface area contributed by atoms with E-state index < -0.39 is 0 Å². The molecule has 3 rings (SSSR count). The fourth-order valence-corrected chi connectivity index (χ4v) is 3.60. The van der Waals surface area contributed by atoms with Crippen molar-refractivity contribution in [3.63, 3.8) is 0 Å². The molecule has 2 aromatic carbocycles. The Hall–Kier alpha value is -1.48. The Kier molecular flexibility index (Phi) is 3.94. The van der Waals surface area contributed by atoms with E-state index in [2.05, 4.69) is 72.3 Å². The number of anilines is 1. The van der Waals surface area contributed by atoms with Crippen LogP contribution in [-0.2, 0) is 6.42 Å². The standard InChI is InChI=1S/C18H20BrNO/c1-11-8-16(19)9-12(2)18(11)20-13(3)14-4-5-17-15(10-14)6-7-21-17/h4-5,8-10,13,20H,6-7H2,1-3H3. The Morgan fingerprint density at radius 2 is 1.86 bits per heavy atom. The van der Waals surface area contributed by atoms with Crippen molar-refractivity contribution in [3.05, 3.63) is 57.1 Å². The number of hydrogen-bond donors (Lipinski definition) is 1. The number of aryl methyl sites for hydroxylation is 2. The number of halogens is 1. The zero-order valence-corrected chi connectivity index (χ0v) is 14.3. The highest BCUT2D eigenvalue weighted by atomic mass is 79.9. The average Bonchev–Trinajstić information content (AvgIpc) is 2.89. The number of rotatable bonds is 3. The first kappa shape index (κ1) is 14.5. The minimum atomic E-state index is 0.273. The molecule has 1 aliphatic rings. The molecule has 110 valence electrons. The fraction of sp³-hybridized carbons (Fsp3) is 0.333. The molecule has 0 amide bonds. The van der Waals surface area contributed by atoms with Crippen molar-refractivity contribution < 1.29 is 4.74 Å². The second kappa shape index (κ2) is 5.72. The summed E-state index contributed by atoms with van der Waals surface area (Å²) in [7, 11) is 0. The highest BCUT2D eigenvalue weighted by molar-refractivity contribution is 9.10. The van der Waals surface area contributed by atoms with Crippen LogP contribution in [0.15, 0.2) is 34.8 Å². The summed E-state index contributed by atoms with van der Waals surface area (Å²) in [5.74, 6) is 1.04. The van der Waals surface area contributed by atoms with Gasteiger partial charge in [0, 0.05) is 22.6 Å². The molecule has 0 fully saturated rings. The summed E-state index contributed by atoms with van der Waals surface area (Å²) in [4.78, 5) is 0. The van der Waals surface area contributed by atoms with Crippen molar-refractivity contribution in [1.29, 1.82) is 0 Å². The largest absolute Gasteiger partial charge is 0.493 e. The number of ether oxygens (including phenoxy) is 1. The molecule has 1 heterocycles. The monoisotopic (exact) mass is 345 g/mol. The predicted octanol–water partition coefficient (Wildman–Crippen LogP) is 5.17. The summed E-state index contributed by atoms with van der Waals surface area (Å²) in [6.45, 7) is 7.30. The van der Waals surface area contributed by atoms with Crippen molar-refractivity contribution in [1.82, 2.24) is 0 Å². The molecule has 21 heavy (non-hydrogen) atoms. The molecule has 1 unspecified atom stereocenters. The molecule has 1 atom stereocenters. The van der Waals surface area contributed by atoms with Gasteiger partial charge < -0.3 is 10.1 Å². The summed E-state index contributed by atoms with van der Waals surface area (Å²) in [6, 6.07) is 11.1. The molecular formula is C18H20BrNO. The Labute approximate surface area is 134 Å². The van der Waals surface area contributed by atoms with Crippen LogP contribution in [0.25, 0.3) is 0 Å². The third-order valence-corrected chi connectivity index (χ3v) is 4.53. The van der Waals surface area contributed by atoms with Crippen LogP contribution in [0.3, 0.4) is 0 Å². The zero-order chi connectivity index (χ0) is 15.0. The fourth-order valence-electron chi connectivity index (χ4n) is 2.91. The molecule has 0 bridgehead atoms. The number of nitrogens with one attached hydrogen (secondary N) is 1. The topological polar surface area (TPSA) is 21.3 Å². The predicted molar refractivity (Wildman–Crippen MR) is 91.3 cm³/mol. The van der Waals surface area contributed by atoms with E-state index in [1.165, 1.54) is 27.9 Å². The third-order valence-electron chi connectivity index (χ3n) is 4.07. The number of fused-ring (bicyclic) bond motifs is 1. The van der Waals surface area contributed by atoms with E-state index in [9.17, 15) is 0 Å². The van der Waals surface area contributed by atoms with Gasteiger partial charge in [-0.3, -0.25) is 0 Å². The van der Waals surface area contributed by atoms with Crippen molar-refractivity contribution >= 4 is 21.6 Å². The van der Waals surface area contributed by atoms with Crippen LogP contribution >= 0.6 is 15.9 Å². The van der Waals surface area contributed by atoms with Gasteiger partial charge in [-0.2, -0.15) is 0 Å². The average molecular weight is 346 g/mol. The van der Waals surface area contributed by atoms with E-state index in [1.54, 1.807) is 0 Å². The molecule has 1 N–H and O–H groups in total. The molecule has 0 saturated heterocycles. The van der Waals surface area contributed by atoms with Gasteiger partial charge in [0.05, 0.1) is 6.61 Å². The molecule has 2 nitrogen and oxygen atoms in total. The lowest BCUT2D eigenvalue weighted by Gasteiger charge is -2.20. The van der Waals surface area contributed by atoms with Crippen molar-refractivity contribution in [2.75, 3.05) is 11.9 Å². The second-order valence-corrected chi connectivity index (χ2v) is 6.66. The Morgan fingerprint density at radius 3 is 2.57 bits per heavy atom. The highest BCUT2D eigenvalue weighted by Gasteiger charge is 2.15. The number of benzene rings is 2. The molecule has 0 aromatic heterocycles. The van der Waals surface area contributed by atoms with Gasteiger partial charge in [0.2, 0.25) is 0 Å². The molecule has 3 heteroatoms. The Bertz CT molecular complexity index is 658. The lowest BCUT2D eigenvalue weighted by atomic mass is 10.0. The van der Waals surface area contributed by atoms with Gasteiger partial charge in [0.1, 0.15) is 5.75 Å². The first-order chi connectivity index (χ1) is 10.0. The van der Waals surface area contributed by atoms with Crippen molar-refractivity contribution in [3.8, 4) is 5.75 Å². The van der Waals surface area contributed by atoms with Crippen LogP contribution in [0.5, 0.6) is 5.75 Å². The van der Waals surface area contributed by atoms with Crippen LogP contribution in [0.4, 0.5) is 5.69 Å². The molecule has 0 aliphatic carbocycles. The van der Waals surface area contributed by atoms with Crippen molar-refractivity contribution in [2.24, 2.45) is 0 Å². The molecule has 0 radical (unpaired) electrons. The zero-order valence-electron chi connectivity index (χ0n) is 12.7. The van der Waals surface area contributed by atoms with Crippen LogP contribution in [0, 0.1) is 13.8 Å². The quantitative estimate of drug-likeness (QED) is 0.827. The van der Waals surface area contributed by atoms with Gasteiger partial charge in [-0.25, -0.2) is 0 Å². The summed E-state index contributed by atoms with van der Waals surface area (Å²) in [6.07, 6.45) is 1.02. The normalized spacial score (nSPS) is 14.5. The first-order valence-electron chi connectivity index (χ1n) is 7.33. The van der Waals surface area contributed by atoms with Gasteiger partial charge in [-0.05, 0) is 67.3 Å². The van der Waals surface area contributed by atoms with Gasteiger partial charge in [-0.1, -0.05) is 22.0 Å². The lowest BCUT2D eigenvalue weighted by molar-refractivity contribution is 0.357. The van der Waals surface area contributed by atoms with Gasteiger partial charge >= 0.3 is 0 Å². The molecule has 1 aliphatic heterocycles. The van der Waals surface area contributed by atoms with E-state index >= 15 is 0 Å².